The van der Waals surface area contributed by atoms with Gasteiger partial charge in [0.05, 0.1) is 78.1 Å². The molecule has 3 atom stereocenters. The highest BCUT2D eigenvalue weighted by Gasteiger charge is 2.50. The number of methoxy groups -OCH3 is 1. The van der Waals surface area contributed by atoms with Gasteiger partial charge in [0.2, 0.25) is 0 Å². The number of rotatable bonds is 19. The summed E-state index contributed by atoms with van der Waals surface area (Å²) in [6.07, 6.45) is 6.38. The third kappa shape index (κ3) is 8.99. The zero-order valence-corrected chi connectivity index (χ0v) is 18.5. The van der Waals surface area contributed by atoms with Crippen LogP contribution in [0.4, 0.5) is 0 Å². The van der Waals surface area contributed by atoms with Gasteiger partial charge in [-0.05, 0) is 31.6 Å². The number of carbonyl (C=O) groups excluding carboxylic acids is 1. The molecule has 0 aliphatic heterocycles. The van der Waals surface area contributed by atoms with Crippen LogP contribution in [0, 0.1) is 17.3 Å². The summed E-state index contributed by atoms with van der Waals surface area (Å²) in [7, 11) is 1.64. The van der Waals surface area contributed by atoms with Crippen molar-refractivity contribution in [3.05, 3.63) is 12.2 Å². The van der Waals surface area contributed by atoms with E-state index in [2.05, 4.69) is 12.2 Å². The molecule has 0 amide bonds. The van der Waals surface area contributed by atoms with Gasteiger partial charge in [-0.2, -0.15) is 0 Å². The highest BCUT2D eigenvalue weighted by Crippen LogP contribution is 2.52. The first-order valence-electron chi connectivity index (χ1n) is 10.9. The molecule has 174 valence electrons. The van der Waals surface area contributed by atoms with E-state index >= 15 is 0 Å². The fraction of sp³-hybridized carbons (Fsp3) is 0.864. The predicted octanol–water partition coefficient (Wildman–Crippen LogP) is 1.86. The maximum absolute atomic E-state index is 12.4. The van der Waals surface area contributed by atoms with Crippen molar-refractivity contribution in [2.45, 2.75) is 19.8 Å². The summed E-state index contributed by atoms with van der Waals surface area (Å²) in [6, 6.07) is 0. The topological polar surface area (TPSA) is 81.7 Å². The normalized spacial score (nSPS) is 24.6. The highest BCUT2D eigenvalue weighted by atomic mass is 16.6. The van der Waals surface area contributed by atoms with E-state index in [1.54, 1.807) is 7.11 Å². The zero-order chi connectivity index (χ0) is 21.5. The molecule has 0 heterocycles. The van der Waals surface area contributed by atoms with Crippen LogP contribution in [0.15, 0.2) is 12.2 Å². The van der Waals surface area contributed by atoms with Crippen LogP contribution in [0.5, 0.6) is 0 Å². The lowest BCUT2D eigenvalue weighted by Crippen LogP contribution is -2.34. The van der Waals surface area contributed by atoms with Gasteiger partial charge in [-0.1, -0.05) is 12.2 Å². The lowest BCUT2D eigenvalue weighted by molar-refractivity contribution is -0.158. The third-order valence-corrected chi connectivity index (χ3v) is 5.52. The maximum Gasteiger partial charge on any atom is 0.312 e. The van der Waals surface area contributed by atoms with Gasteiger partial charge >= 0.3 is 5.97 Å². The van der Waals surface area contributed by atoms with Crippen molar-refractivity contribution in [1.29, 1.82) is 0 Å². The van der Waals surface area contributed by atoms with E-state index < -0.39 is 0 Å². The minimum absolute atomic E-state index is 0.0982. The smallest absolute Gasteiger partial charge is 0.312 e. The Balaban J connectivity index is 1.28. The van der Waals surface area contributed by atoms with Gasteiger partial charge in [-0.15, -0.1) is 0 Å². The highest BCUT2D eigenvalue weighted by molar-refractivity contribution is 5.78. The molecular formula is C22H38O8. The standard InChI is InChI=1S/C22H38O8/c1-22(18-19-3-4-20(22)17-19)21(23)30-16-15-29-14-13-28-12-11-27-10-9-26-8-7-25-6-5-24-2/h3-4,19-20H,5-18H2,1-2H3. The molecule has 0 spiro atoms. The van der Waals surface area contributed by atoms with Crippen LogP contribution in [0.25, 0.3) is 0 Å². The Morgan fingerprint density at radius 1 is 0.767 bits per heavy atom. The van der Waals surface area contributed by atoms with Gasteiger partial charge in [0.25, 0.3) is 0 Å². The fourth-order valence-electron chi connectivity index (χ4n) is 3.81. The molecule has 0 aromatic rings. The predicted molar refractivity (Wildman–Crippen MR) is 110 cm³/mol. The van der Waals surface area contributed by atoms with Crippen LogP contribution in [0.3, 0.4) is 0 Å². The Morgan fingerprint density at radius 3 is 1.63 bits per heavy atom. The number of allylic oxidation sites excluding steroid dienone is 2. The van der Waals surface area contributed by atoms with Crippen LogP contribution in [0.1, 0.15) is 19.8 Å². The minimum Gasteiger partial charge on any atom is -0.463 e. The van der Waals surface area contributed by atoms with Crippen molar-refractivity contribution in [2.75, 3.05) is 86.4 Å². The van der Waals surface area contributed by atoms with Crippen LogP contribution in [-0.2, 0) is 38.0 Å². The van der Waals surface area contributed by atoms with E-state index in [4.69, 9.17) is 33.2 Å². The van der Waals surface area contributed by atoms with Gasteiger partial charge in [-0.25, -0.2) is 0 Å². The zero-order valence-electron chi connectivity index (χ0n) is 18.5. The molecule has 2 bridgehead atoms. The minimum atomic E-state index is -0.356. The van der Waals surface area contributed by atoms with Crippen molar-refractivity contribution in [3.8, 4) is 0 Å². The molecule has 0 N–H and O–H groups in total. The molecule has 30 heavy (non-hydrogen) atoms. The van der Waals surface area contributed by atoms with Gasteiger partial charge in [0.1, 0.15) is 6.61 Å². The van der Waals surface area contributed by atoms with Crippen LogP contribution in [0.2, 0.25) is 0 Å². The van der Waals surface area contributed by atoms with E-state index in [1.165, 1.54) is 0 Å². The second-order valence-corrected chi connectivity index (χ2v) is 7.80. The van der Waals surface area contributed by atoms with Gasteiger partial charge in [-0.3, -0.25) is 4.79 Å². The van der Waals surface area contributed by atoms with Gasteiger partial charge in [0.15, 0.2) is 0 Å². The summed E-state index contributed by atoms with van der Waals surface area (Å²) >= 11 is 0. The first-order chi connectivity index (χ1) is 14.7. The molecule has 1 saturated carbocycles. The van der Waals surface area contributed by atoms with Crippen LogP contribution in [-0.4, -0.2) is 92.4 Å². The Kier molecular flexibility index (Phi) is 12.5. The molecule has 0 saturated heterocycles. The van der Waals surface area contributed by atoms with E-state index in [0.29, 0.717) is 84.5 Å². The molecular weight excluding hydrogens is 392 g/mol. The lowest BCUT2D eigenvalue weighted by atomic mass is 9.78. The molecule has 0 radical (unpaired) electrons. The van der Waals surface area contributed by atoms with Crippen molar-refractivity contribution in [2.24, 2.45) is 17.3 Å². The number of carbonyl (C=O) groups is 1. The third-order valence-electron chi connectivity index (χ3n) is 5.52. The number of fused-ring (bicyclic) bond motifs is 2. The monoisotopic (exact) mass is 430 g/mol. The molecule has 1 fully saturated rings. The molecule has 8 nitrogen and oxygen atoms in total. The number of hydrogen-bond donors (Lipinski definition) is 0. The number of esters is 1. The average molecular weight is 431 g/mol. The molecule has 0 aromatic carbocycles. The van der Waals surface area contributed by atoms with E-state index in [9.17, 15) is 4.79 Å². The SMILES string of the molecule is COCCOCCOCCOCCOCCOCCOC(=O)C1(C)CC2C=CC1C2. The molecule has 8 heteroatoms. The van der Waals surface area contributed by atoms with Gasteiger partial charge in [0, 0.05) is 7.11 Å². The Hall–Kier alpha value is -1.03. The first kappa shape index (κ1) is 25.2. The van der Waals surface area contributed by atoms with E-state index in [0.717, 1.165) is 12.8 Å². The quantitative estimate of drug-likeness (QED) is 0.175. The maximum atomic E-state index is 12.4. The fourth-order valence-corrected chi connectivity index (χ4v) is 3.81. The first-order valence-corrected chi connectivity index (χ1v) is 10.9. The number of ether oxygens (including phenoxy) is 7. The summed E-state index contributed by atoms with van der Waals surface area (Å²) in [6.45, 7) is 8.02. The summed E-state index contributed by atoms with van der Waals surface area (Å²) in [5.74, 6) is 0.778. The second kappa shape index (κ2) is 14.9. The lowest BCUT2D eigenvalue weighted by Gasteiger charge is -2.28. The summed E-state index contributed by atoms with van der Waals surface area (Å²) < 4.78 is 37.3. The summed E-state index contributed by atoms with van der Waals surface area (Å²) in [5, 5.41) is 0. The van der Waals surface area contributed by atoms with Crippen LogP contribution >= 0.6 is 0 Å². The average Bonchev–Trinajstić information content (AvgIpc) is 3.34. The van der Waals surface area contributed by atoms with Crippen molar-refractivity contribution in [1.82, 2.24) is 0 Å². The van der Waals surface area contributed by atoms with Crippen molar-refractivity contribution in [3.63, 3.8) is 0 Å². The molecule has 3 unspecified atom stereocenters. The largest absolute Gasteiger partial charge is 0.463 e. The molecule has 2 aliphatic rings. The molecule has 2 rings (SSSR count). The van der Waals surface area contributed by atoms with E-state index in [-0.39, 0.29) is 18.0 Å². The summed E-state index contributed by atoms with van der Waals surface area (Å²) in [4.78, 5) is 12.4. The molecule has 0 aromatic heterocycles. The molecule has 2 aliphatic carbocycles. The van der Waals surface area contributed by atoms with Crippen LogP contribution < -0.4 is 0 Å². The Labute approximate surface area is 180 Å². The number of hydrogen-bond acceptors (Lipinski definition) is 8. The van der Waals surface area contributed by atoms with Crippen molar-refractivity contribution < 1.29 is 38.0 Å². The van der Waals surface area contributed by atoms with Crippen molar-refractivity contribution >= 4 is 5.97 Å². The Bertz CT molecular complexity index is 498. The second-order valence-electron chi connectivity index (χ2n) is 7.80. The Morgan fingerprint density at radius 2 is 1.23 bits per heavy atom. The summed E-state index contributed by atoms with van der Waals surface area (Å²) in [5.41, 5.74) is -0.356. The van der Waals surface area contributed by atoms with Gasteiger partial charge < -0.3 is 33.2 Å². The van der Waals surface area contributed by atoms with E-state index in [1.807, 2.05) is 6.92 Å².